The molecular formula is C27H29Cl2N3O5S. The van der Waals surface area contributed by atoms with Gasteiger partial charge in [0, 0.05) is 18.1 Å². The van der Waals surface area contributed by atoms with E-state index in [1.165, 1.54) is 42.3 Å². The summed E-state index contributed by atoms with van der Waals surface area (Å²) in [6.07, 6.45) is 0. The Kier molecular flexibility index (Phi) is 10.0. The highest BCUT2D eigenvalue weighted by atomic mass is 35.5. The summed E-state index contributed by atoms with van der Waals surface area (Å²) in [6, 6.07) is 18.2. The normalized spacial score (nSPS) is 11.9. The number of sulfonamides is 1. The predicted molar refractivity (Wildman–Crippen MR) is 149 cm³/mol. The van der Waals surface area contributed by atoms with Crippen LogP contribution in [0.5, 0.6) is 5.75 Å². The molecule has 1 unspecified atom stereocenters. The summed E-state index contributed by atoms with van der Waals surface area (Å²) in [5, 5.41) is 3.09. The third-order valence-electron chi connectivity index (χ3n) is 5.79. The number of halogens is 2. The van der Waals surface area contributed by atoms with Gasteiger partial charge in [-0.05, 0) is 61.9 Å². The minimum absolute atomic E-state index is 0.0186. The number of anilines is 1. The maximum absolute atomic E-state index is 13.8. The Morgan fingerprint density at radius 2 is 1.71 bits per heavy atom. The number of hydrogen-bond acceptors (Lipinski definition) is 5. The van der Waals surface area contributed by atoms with Crippen molar-refractivity contribution in [1.82, 2.24) is 10.2 Å². The second-order valence-electron chi connectivity index (χ2n) is 8.36. The molecule has 2 amide bonds. The second kappa shape index (κ2) is 13.0. The number of nitrogens with one attached hydrogen (secondary N) is 1. The molecule has 8 nitrogen and oxygen atoms in total. The van der Waals surface area contributed by atoms with Crippen molar-refractivity contribution in [3.05, 3.63) is 88.4 Å². The smallest absolute Gasteiger partial charge is 0.264 e. The first-order chi connectivity index (χ1) is 18.1. The highest BCUT2D eigenvalue weighted by molar-refractivity contribution is 7.92. The zero-order valence-corrected chi connectivity index (χ0v) is 23.6. The number of benzene rings is 3. The molecule has 0 aliphatic rings. The van der Waals surface area contributed by atoms with Crippen LogP contribution in [-0.4, -0.2) is 51.4 Å². The van der Waals surface area contributed by atoms with E-state index in [4.69, 9.17) is 27.9 Å². The van der Waals surface area contributed by atoms with Crippen LogP contribution in [0.2, 0.25) is 10.0 Å². The highest BCUT2D eigenvalue weighted by Crippen LogP contribution is 2.33. The van der Waals surface area contributed by atoms with Crippen molar-refractivity contribution in [2.45, 2.75) is 31.3 Å². The van der Waals surface area contributed by atoms with Crippen LogP contribution in [0.25, 0.3) is 0 Å². The van der Waals surface area contributed by atoms with Gasteiger partial charge >= 0.3 is 0 Å². The maximum Gasteiger partial charge on any atom is 0.264 e. The van der Waals surface area contributed by atoms with E-state index < -0.39 is 28.5 Å². The molecule has 0 aromatic heterocycles. The van der Waals surface area contributed by atoms with Crippen LogP contribution in [0.1, 0.15) is 19.4 Å². The number of rotatable bonds is 11. The summed E-state index contributed by atoms with van der Waals surface area (Å²) >= 11 is 12.5. The second-order valence-corrected chi connectivity index (χ2v) is 11.1. The average molecular weight is 579 g/mol. The molecule has 0 heterocycles. The number of methoxy groups -OCH3 is 1. The first-order valence-electron chi connectivity index (χ1n) is 11.8. The van der Waals surface area contributed by atoms with Gasteiger partial charge < -0.3 is 15.0 Å². The SMILES string of the molecule is CCNC(=O)C(C)N(Cc1cccc(OC)c1)C(=O)CN(c1ccc(Cl)cc1Cl)S(=O)(=O)c1ccccc1. The lowest BCUT2D eigenvalue weighted by Gasteiger charge is -2.32. The molecule has 11 heteroatoms. The molecule has 0 saturated heterocycles. The number of amides is 2. The Balaban J connectivity index is 2.06. The summed E-state index contributed by atoms with van der Waals surface area (Å²) in [4.78, 5) is 27.9. The molecule has 0 aliphatic carbocycles. The van der Waals surface area contributed by atoms with Crippen molar-refractivity contribution >= 4 is 50.7 Å². The van der Waals surface area contributed by atoms with Crippen LogP contribution in [0, 0.1) is 0 Å². The molecule has 0 spiro atoms. The zero-order chi connectivity index (χ0) is 27.9. The van der Waals surface area contributed by atoms with E-state index in [2.05, 4.69) is 5.32 Å². The Hall–Kier alpha value is -3.27. The molecule has 3 aromatic carbocycles. The largest absolute Gasteiger partial charge is 0.497 e. The molecule has 1 atom stereocenters. The van der Waals surface area contributed by atoms with Crippen LogP contribution in [0.3, 0.4) is 0 Å². The van der Waals surface area contributed by atoms with Gasteiger partial charge in [-0.1, -0.05) is 53.5 Å². The minimum atomic E-state index is -4.22. The number of ether oxygens (including phenoxy) is 1. The molecule has 0 aliphatic heterocycles. The van der Waals surface area contributed by atoms with Crippen molar-refractivity contribution in [2.75, 3.05) is 24.5 Å². The van der Waals surface area contributed by atoms with Gasteiger partial charge in [0.1, 0.15) is 18.3 Å². The molecule has 0 saturated carbocycles. The molecule has 0 bridgehead atoms. The third kappa shape index (κ3) is 6.98. The summed E-state index contributed by atoms with van der Waals surface area (Å²) in [6.45, 7) is 3.18. The first-order valence-corrected chi connectivity index (χ1v) is 14.0. The quantitative estimate of drug-likeness (QED) is 0.354. The van der Waals surface area contributed by atoms with Crippen molar-refractivity contribution in [2.24, 2.45) is 0 Å². The monoisotopic (exact) mass is 577 g/mol. The van der Waals surface area contributed by atoms with E-state index in [1.807, 2.05) is 0 Å². The molecule has 0 fully saturated rings. The predicted octanol–water partition coefficient (Wildman–Crippen LogP) is 4.75. The van der Waals surface area contributed by atoms with Crippen molar-refractivity contribution in [3.8, 4) is 5.75 Å². The number of carbonyl (C=O) groups is 2. The topological polar surface area (TPSA) is 96.0 Å². The highest BCUT2D eigenvalue weighted by Gasteiger charge is 2.33. The van der Waals surface area contributed by atoms with Crippen LogP contribution in [0.4, 0.5) is 5.69 Å². The minimum Gasteiger partial charge on any atom is -0.497 e. The van der Waals surface area contributed by atoms with E-state index in [0.717, 1.165) is 4.31 Å². The Bertz CT molecular complexity index is 1390. The summed E-state index contributed by atoms with van der Waals surface area (Å²) in [7, 11) is -2.69. The molecule has 1 N–H and O–H groups in total. The van der Waals surface area contributed by atoms with Crippen molar-refractivity contribution in [1.29, 1.82) is 0 Å². The van der Waals surface area contributed by atoms with Crippen LogP contribution in [0.15, 0.2) is 77.7 Å². The van der Waals surface area contributed by atoms with Gasteiger partial charge in [-0.3, -0.25) is 13.9 Å². The van der Waals surface area contributed by atoms with E-state index in [-0.39, 0.29) is 28.1 Å². The van der Waals surface area contributed by atoms with E-state index in [0.29, 0.717) is 22.9 Å². The van der Waals surface area contributed by atoms with Crippen LogP contribution >= 0.6 is 23.2 Å². The van der Waals surface area contributed by atoms with E-state index in [1.54, 1.807) is 56.3 Å². The van der Waals surface area contributed by atoms with Gasteiger partial charge in [-0.2, -0.15) is 0 Å². The van der Waals surface area contributed by atoms with Crippen LogP contribution < -0.4 is 14.4 Å². The molecule has 38 heavy (non-hydrogen) atoms. The molecule has 202 valence electrons. The van der Waals surface area contributed by atoms with Gasteiger partial charge in [0.05, 0.1) is 22.7 Å². The molecular weight excluding hydrogens is 549 g/mol. The fourth-order valence-corrected chi connectivity index (χ4v) is 5.80. The number of nitrogens with zero attached hydrogens (tertiary/aromatic N) is 2. The fourth-order valence-electron chi connectivity index (χ4n) is 3.79. The maximum atomic E-state index is 13.8. The van der Waals surface area contributed by atoms with Gasteiger partial charge in [-0.25, -0.2) is 8.42 Å². The Labute approximate surface area is 233 Å². The van der Waals surface area contributed by atoms with Crippen molar-refractivity contribution in [3.63, 3.8) is 0 Å². The lowest BCUT2D eigenvalue weighted by Crippen LogP contribution is -2.51. The third-order valence-corrected chi connectivity index (χ3v) is 8.11. The van der Waals surface area contributed by atoms with Gasteiger partial charge in [0.25, 0.3) is 10.0 Å². The standard InChI is InChI=1S/C27H29Cl2N3O5S/c1-4-30-27(34)19(2)31(17-20-9-8-10-22(15-20)37-3)26(33)18-32(25-14-13-21(28)16-24(25)29)38(35,36)23-11-6-5-7-12-23/h5-16,19H,4,17-18H2,1-3H3,(H,30,34). The molecule has 0 radical (unpaired) electrons. The summed E-state index contributed by atoms with van der Waals surface area (Å²) in [5.74, 6) is -0.385. The Morgan fingerprint density at radius 3 is 2.34 bits per heavy atom. The molecule has 3 rings (SSSR count). The number of hydrogen-bond donors (Lipinski definition) is 1. The van der Waals surface area contributed by atoms with Crippen molar-refractivity contribution < 1.29 is 22.7 Å². The average Bonchev–Trinajstić information content (AvgIpc) is 2.91. The van der Waals surface area contributed by atoms with Gasteiger partial charge in [0.2, 0.25) is 11.8 Å². The lowest BCUT2D eigenvalue weighted by molar-refractivity contribution is -0.139. The lowest BCUT2D eigenvalue weighted by atomic mass is 10.1. The summed E-state index contributed by atoms with van der Waals surface area (Å²) in [5.41, 5.74) is 0.788. The number of carbonyl (C=O) groups excluding carboxylic acids is 2. The summed E-state index contributed by atoms with van der Waals surface area (Å²) < 4.78 is 33.7. The van der Waals surface area contributed by atoms with Gasteiger partial charge in [-0.15, -0.1) is 0 Å². The van der Waals surface area contributed by atoms with Gasteiger partial charge in [0.15, 0.2) is 0 Å². The first kappa shape index (κ1) is 29.3. The zero-order valence-electron chi connectivity index (χ0n) is 21.2. The van der Waals surface area contributed by atoms with E-state index in [9.17, 15) is 18.0 Å². The number of likely N-dealkylation sites (N-methyl/N-ethyl adjacent to an activating group) is 1. The van der Waals surface area contributed by atoms with E-state index >= 15 is 0 Å². The molecule has 3 aromatic rings. The van der Waals surface area contributed by atoms with Crippen LogP contribution in [-0.2, 0) is 26.2 Å². The Morgan fingerprint density at radius 1 is 1.00 bits per heavy atom. The fraction of sp³-hybridized carbons (Fsp3) is 0.259.